The Labute approximate surface area is 245 Å². The monoisotopic (exact) mass is 592 g/mol. The van der Waals surface area contributed by atoms with Crippen LogP contribution in [-0.4, -0.2) is 58.3 Å². The number of anilines is 2. The Morgan fingerprint density at radius 1 is 1.09 bits per heavy atom. The number of halogens is 3. The Bertz CT molecular complexity index is 1730. The number of carbonyl (C=O) groups excluding carboxylic acids is 1. The molecule has 0 atom stereocenters. The van der Waals surface area contributed by atoms with E-state index in [0.29, 0.717) is 31.6 Å². The zero-order valence-corrected chi connectivity index (χ0v) is 23.6. The number of alkyl halides is 3. The van der Waals surface area contributed by atoms with E-state index in [2.05, 4.69) is 27.9 Å². The van der Waals surface area contributed by atoms with E-state index in [1.54, 1.807) is 4.57 Å². The Morgan fingerprint density at radius 2 is 1.88 bits per heavy atom. The molecule has 2 aromatic heterocycles. The van der Waals surface area contributed by atoms with Crippen molar-refractivity contribution in [3.05, 3.63) is 87.3 Å². The molecular weight excluding hydrogens is 561 g/mol. The van der Waals surface area contributed by atoms with E-state index in [1.165, 1.54) is 35.5 Å². The molecule has 0 bridgehead atoms. The summed E-state index contributed by atoms with van der Waals surface area (Å²) in [5.74, 6) is -0.272. The topological polar surface area (TPSA) is 101 Å². The molecule has 1 aliphatic heterocycles. The number of piperidine rings is 1. The summed E-state index contributed by atoms with van der Waals surface area (Å²) in [5, 5.41) is 3.39. The van der Waals surface area contributed by atoms with Gasteiger partial charge in [0.2, 0.25) is 11.4 Å². The van der Waals surface area contributed by atoms with Gasteiger partial charge in [-0.1, -0.05) is 18.2 Å². The van der Waals surface area contributed by atoms with E-state index >= 15 is 0 Å². The SMILES string of the molecule is CONC(=O)c1cn(-c2ccc3c(c2)CCC3)c2nc(Nc3cccc(C4CCN(CC(F)(F)F)CC4)c3)ncc2c1=O. The quantitative estimate of drug-likeness (QED) is 0.290. The van der Waals surface area contributed by atoms with Crippen LogP contribution in [0, 0.1) is 0 Å². The lowest BCUT2D eigenvalue weighted by atomic mass is 9.89. The number of aromatic nitrogens is 3. The van der Waals surface area contributed by atoms with Crippen LogP contribution in [0.15, 0.2) is 59.7 Å². The van der Waals surface area contributed by atoms with Crippen molar-refractivity contribution in [1.29, 1.82) is 0 Å². The average Bonchev–Trinajstić information content (AvgIpc) is 3.45. The van der Waals surface area contributed by atoms with Gasteiger partial charge in [0.1, 0.15) is 5.56 Å². The molecule has 9 nitrogen and oxygen atoms in total. The highest BCUT2D eigenvalue weighted by atomic mass is 19.4. The molecule has 6 rings (SSSR count). The van der Waals surface area contributed by atoms with Crippen molar-refractivity contribution < 1.29 is 22.8 Å². The molecule has 2 aliphatic rings. The molecule has 43 heavy (non-hydrogen) atoms. The summed E-state index contributed by atoms with van der Waals surface area (Å²) in [7, 11) is 1.30. The van der Waals surface area contributed by atoms with Crippen molar-refractivity contribution in [1.82, 2.24) is 24.9 Å². The number of nitrogens with zero attached hydrogens (tertiary/aromatic N) is 4. The largest absolute Gasteiger partial charge is 0.401 e. The summed E-state index contributed by atoms with van der Waals surface area (Å²) in [4.78, 5) is 41.3. The molecular formula is C31H31F3N6O3. The van der Waals surface area contributed by atoms with E-state index in [0.717, 1.165) is 36.2 Å². The van der Waals surface area contributed by atoms with E-state index in [1.807, 2.05) is 30.3 Å². The highest BCUT2D eigenvalue weighted by Crippen LogP contribution is 2.32. The Balaban J connectivity index is 1.31. The van der Waals surface area contributed by atoms with Gasteiger partial charge < -0.3 is 9.88 Å². The summed E-state index contributed by atoms with van der Waals surface area (Å²) in [6.07, 6.45) is 3.00. The van der Waals surface area contributed by atoms with Crippen molar-refractivity contribution in [2.24, 2.45) is 0 Å². The van der Waals surface area contributed by atoms with Gasteiger partial charge in [0, 0.05) is 23.8 Å². The van der Waals surface area contributed by atoms with Crippen molar-refractivity contribution in [2.45, 2.75) is 44.2 Å². The van der Waals surface area contributed by atoms with Gasteiger partial charge in [0.05, 0.1) is 19.0 Å². The smallest absolute Gasteiger partial charge is 0.324 e. The maximum absolute atomic E-state index is 13.3. The van der Waals surface area contributed by atoms with Crippen LogP contribution in [0.3, 0.4) is 0 Å². The van der Waals surface area contributed by atoms with Gasteiger partial charge in [-0.3, -0.25) is 19.3 Å². The van der Waals surface area contributed by atoms with Crippen LogP contribution in [0.1, 0.15) is 52.2 Å². The van der Waals surface area contributed by atoms with Gasteiger partial charge in [0.25, 0.3) is 5.91 Å². The molecule has 2 N–H and O–H groups in total. The van der Waals surface area contributed by atoms with Crippen LogP contribution in [0.25, 0.3) is 16.7 Å². The molecule has 2 aromatic carbocycles. The zero-order chi connectivity index (χ0) is 30.1. The maximum Gasteiger partial charge on any atom is 0.401 e. The molecule has 0 saturated carbocycles. The second-order valence-corrected chi connectivity index (χ2v) is 11.0. The Hall–Kier alpha value is -4.29. The Kier molecular flexibility index (Phi) is 7.89. The molecule has 1 aliphatic carbocycles. The number of fused-ring (bicyclic) bond motifs is 2. The van der Waals surface area contributed by atoms with Crippen molar-refractivity contribution in [2.75, 3.05) is 32.1 Å². The number of carbonyl (C=O) groups is 1. The predicted molar refractivity (Wildman–Crippen MR) is 156 cm³/mol. The third-order valence-corrected chi connectivity index (χ3v) is 8.15. The number of benzene rings is 2. The number of nitrogens with one attached hydrogen (secondary N) is 2. The van der Waals surface area contributed by atoms with Gasteiger partial charge in [0.15, 0.2) is 5.65 Å². The number of pyridine rings is 1. The van der Waals surface area contributed by atoms with E-state index in [9.17, 15) is 22.8 Å². The fourth-order valence-corrected chi connectivity index (χ4v) is 6.06. The summed E-state index contributed by atoms with van der Waals surface area (Å²) < 4.78 is 40.1. The van der Waals surface area contributed by atoms with Crippen LogP contribution in [-0.2, 0) is 17.7 Å². The van der Waals surface area contributed by atoms with Gasteiger partial charge in [-0.15, -0.1) is 0 Å². The minimum absolute atomic E-state index is 0.104. The van der Waals surface area contributed by atoms with E-state index in [4.69, 9.17) is 9.82 Å². The molecule has 1 saturated heterocycles. The third-order valence-electron chi connectivity index (χ3n) is 8.15. The first-order chi connectivity index (χ1) is 20.7. The first-order valence-electron chi connectivity index (χ1n) is 14.2. The summed E-state index contributed by atoms with van der Waals surface area (Å²) in [6.45, 7) is -0.101. The van der Waals surface area contributed by atoms with Gasteiger partial charge >= 0.3 is 6.18 Å². The Morgan fingerprint density at radius 3 is 2.65 bits per heavy atom. The van der Waals surface area contributed by atoms with Gasteiger partial charge in [-0.05, 0) is 92.1 Å². The number of likely N-dealkylation sites (tertiary alicyclic amines) is 1. The number of aryl methyl sites for hydroxylation is 2. The third kappa shape index (κ3) is 6.25. The number of hydroxylamine groups is 1. The van der Waals surface area contributed by atoms with E-state index < -0.39 is 24.1 Å². The molecule has 1 fully saturated rings. The first-order valence-corrected chi connectivity index (χ1v) is 14.2. The van der Waals surface area contributed by atoms with Crippen molar-refractivity contribution >= 4 is 28.6 Å². The number of amides is 1. The van der Waals surface area contributed by atoms with Crippen LogP contribution in [0.4, 0.5) is 24.8 Å². The summed E-state index contributed by atoms with van der Waals surface area (Å²) in [5.41, 5.74) is 6.95. The summed E-state index contributed by atoms with van der Waals surface area (Å²) in [6, 6.07) is 13.8. The normalized spacial score (nSPS) is 15.9. The van der Waals surface area contributed by atoms with Crippen LogP contribution >= 0.6 is 0 Å². The second kappa shape index (κ2) is 11.8. The molecule has 0 radical (unpaired) electrons. The van der Waals surface area contributed by atoms with Gasteiger partial charge in [-0.25, -0.2) is 10.5 Å². The second-order valence-electron chi connectivity index (χ2n) is 11.0. The lowest BCUT2D eigenvalue weighted by Crippen LogP contribution is -2.39. The minimum Gasteiger partial charge on any atom is -0.324 e. The van der Waals surface area contributed by atoms with Crippen LogP contribution in [0.5, 0.6) is 0 Å². The number of rotatable bonds is 7. The van der Waals surface area contributed by atoms with E-state index in [-0.39, 0.29) is 22.8 Å². The van der Waals surface area contributed by atoms with Crippen molar-refractivity contribution in [3.8, 4) is 5.69 Å². The molecule has 4 aromatic rings. The van der Waals surface area contributed by atoms with Gasteiger partial charge in [-0.2, -0.15) is 18.2 Å². The molecule has 0 spiro atoms. The maximum atomic E-state index is 13.3. The fourth-order valence-electron chi connectivity index (χ4n) is 6.06. The predicted octanol–water partition coefficient (Wildman–Crippen LogP) is 5.05. The number of hydrogen-bond acceptors (Lipinski definition) is 7. The standard InChI is InChI=1S/C31H31F3N6O3/c1-43-38-29(42)26-17-40(24-9-8-19-4-2-5-22(19)15-24)28-25(27(26)41)16-35-30(37-28)36-23-7-3-6-21(14-23)20-10-12-39(13-11-20)18-31(32,33)34/h3,6-9,14-17,20H,2,4-5,10-13,18H2,1H3,(H,38,42)(H,35,36,37). The minimum atomic E-state index is -4.19. The van der Waals surface area contributed by atoms with Crippen LogP contribution < -0.4 is 16.2 Å². The zero-order valence-electron chi connectivity index (χ0n) is 23.6. The molecule has 0 unspecified atom stereocenters. The first kappa shape index (κ1) is 28.8. The molecule has 1 amide bonds. The van der Waals surface area contributed by atoms with Crippen LogP contribution in [0.2, 0.25) is 0 Å². The summed E-state index contributed by atoms with van der Waals surface area (Å²) >= 11 is 0. The van der Waals surface area contributed by atoms with Crippen molar-refractivity contribution in [3.63, 3.8) is 0 Å². The fraction of sp³-hybridized carbons (Fsp3) is 0.355. The highest BCUT2D eigenvalue weighted by molar-refractivity contribution is 5.96. The number of hydrogen-bond donors (Lipinski definition) is 2. The average molecular weight is 593 g/mol. The molecule has 12 heteroatoms. The lowest BCUT2D eigenvalue weighted by molar-refractivity contribution is -0.147. The lowest BCUT2D eigenvalue weighted by Gasteiger charge is -2.32. The highest BCUT2D eigenvalue weighted by Gasteiger charge is 2.32. The molecule has 224 valence electrons. The molecule has 3 heterocycles.